The Morgan fingerprint density at radius 1 is 1.61 bits per heavy atom. The average Bonchev–Trinajstić information content (AvgIpc) is 2.87. The molecule has 1 atom stereocenters. The number of nitrogens with zero attached hydrogens (tertiary/aromatic N) is 2. The molecule has 0 unspecified atom stereocenters. The Kier molecular flexibility index (Phi) is 7.52. The van der Waals surface area contributed by atoms with Gasteiger partial charge in [0.15, 0.2) is 0 Å². The van der Waals surface area contributed by atoms with Crippen molar-refractivity contribution in [3.05, 3.63) is 18.5 Å². The third kappa shape index (κ3) is 6.07. The summed E-state index contributed by atoms with van der Waals surface area (Å²) < 4.78 is 1.81. The van der Waals surface area contributed by atoms with E-state index in [1.807, 2.05) is 23.2 Å². The van der Waals surface area contributed by atoms with Crippen molar-refractivity contribution >= 4 is 17.7 Å². The second-order valence-corrected chi connectivity index (χ2v) is 5.09. The quantitative estimate of drug-likeness (QED) is 0.700. The van der Waals surface area contributed by atoms with Gasteiger partial charge in [-0.25, -0.2) is 0 Å². The van der Waals surface area contributed by atoms with Crippen LogP contribution in [0.2, 0.25) is 0 Å². The number of rotatable bonds is 9. The van der Waals surface area contributed by atoms with Gasteiger partial charge in [-0.15, -0.1) is 0 Å². The van der Waals surface area contributed by atoms with Crippen molar-refractivity contribution in [3.63, 3.8) is 0 Å². The van der Waals surface area contributed by atoms with Gasteiger partial charge < -0.3 is 10.4 Å². The van der Waals surface area contributed by atoms with Crippen LogP contribution < -0.4 is 5.32 Å². The van der Waals surface area contributed by atoms with Crippen molar-refractivity contribution in [3.8, 4) is 0 Å². The van der Waals surface area contributed by atoms with E-state index in [-0.39, 0.29) is 18.6 Å². The fraction of sp³-hybridized carbons (Fsp3) is 0.667. The number of carbonyl (C=O) groups excluding carboxylic acids is 1. The second-order valence-electron chi connectivity index (χ2n) is 4.10. The number of thioether (sulfide) groups is 1. The van der Waals surface area contributed by atoms with E-state index in [9.17, 15) is 4.79 Å². The first-order chi connectivity index (χ1) is 8.76. The highest BCUT2D eigenvalue weighted by atomic mass is 32.2. The van der Waals surface area contributed by atoms with E-state index >= 15 is 0 Å². The number of hydrogen-bond acceptors (Lipinski definition) is 4. The van der Waals surface area contributed by atoms with Crippen LogP contribution in [0.5, 0.6) is 0 Å². The maximum Gasteiger partial charge on any atom is 0.220 e. The molecule has 0 bridgehead atoms. The molecule has 0 saturated carbocycles. The molecule has 18 heavy (non-hydrogen) atoms. The van der Waals surface area contributed by atoms with Gasteiger partial charge >= 0.3 is 0 Å². The van der Waals surface area contributed by atoms with Crippen LogP contribution in [0.25, 0.3) is 0 Å². The standard InChI is InChI=1S/C12H21N3O2S/c1-18-9-5-11(10-16)14-12(17)4-2-7-15-8-3-6-13-15/h3,6,8,11,16H,2,4-5,7,9-10H2,1H3,(H,14,17)/t11-/m1/s1. The lowest BCUT2D eigenvalue weighted by Gasteiger charge is -2.15. The molecule has 0 aliphatic rings. The molecule has 1 aromatic heterocycles. The first-order valence-corrected chi connectivity index (χ1v) is 7.52. The van der Waals surface area contributed by atoms with Gasteiger partial charge in [0.1, 0.15) is 0 Å². The van der Waals surface area contributed by atoms with Crippen molar-refractivity contribution in [2.45, 2.75) is 31.8 Å². The van der Waals surface area contributed by atoms with Crippen LogP contribution in [0.3, 0.4) is 0 Å². The molecule has 2 N–H and O–H groups in total. The molecular formula is C12H21N3O2S. The summed E-state index contributed by atoms with van der Waals surface area (Å²) >= 11 is 1.71. The number of aryl methyl sites for hydroxylation is 1. The van der Waals surface area contributed by atoms with Gasteiger partial charge in [0.25, 0.3) is 0 Å². The maximum atomic E-state index is 11.6. The Hall–Kier alpha value is -1.01. The van der Waals surface area contributed by atoms with E-state index in [2.05, 4.69) is 10.4 Å². The molecule has 6 heteroatoms. The van der Waals surface area contributed by atoms with E-state index in [0.29, 0.717) is 6.42 Å². The van der Waals surface area contributed by atoms with Crippen molar-refractivity contribution in [1.29, 1.82) is 0 Å². The van der Waals surface area contributed by atoms with Crippen molar-refractivity contribution in [1.82, 2.24) is 15.1 Å². The van der Waals surface area contributed by atoms with Gasteiger partial charge in [0.2, 0.25) is 5.91 Å². The molecule has 1 aromatic rings. The topological polar surface area (TPSA) is 67.2 Å². The molecule has 0 aliphatic heterocycles. The van der Waals surface area contributed by atoms with Crippen LogP contribution >= 0.6 is 11.8 Å². The molecule has 0 spiro atoms. The first-order valence-electron chi connectivity index (χ1n) is 6.13. The van der Waals surface area contributed by atoms with Crippen LogP contribution in [0, 0.1) is 0 Å². The molecule has 5 nitrogen and oxygen atoms in total. The molecular weight excluding hydrogens is 250 g/mol. The smallest absolute Gasteiger partial charge is 0.220 e. The van der Waals surface area contributed by atoms with Gasteiger partial charge in [-0.1, -0.05) is 0 Å². The summed E-state index contributed by atoms with van der Waals surface area (Å²) in [5.74, 6) is 0.945. The average molecular weight is 271 g/mol. The van der Waals surface area contributed by atoms with Gasteiger partial charge in [-0.2, -0.15) is 16.9 Å². The SMILES string of the molecule is CSCC[C@H](CO)NC(=O)CCCn1cccn1. The van der Waals surface area contributed by atoms with Crippen LogP contribution in [0.15, 0.2) is 18.5 Å². The Morgan fingerprint density at radius 2 is 2.44 bits per heavy atom. The highest BCUT2D eigenvalue weighted by molar-refractivity contribution is 7.98. The van der Waals surface area contributed by atoms with E-state index < -0.39 is 0 Å². The number of amides is 1. The Morgan fingerprint density at radius 3 is 3.06 bits per heavy atom. The van der Waals surface area contributed by atoms with Crippen LogP contribution in [0.4, 0.5) is 0 Å². The van der Waals surface area contributed by atoms with Crippen LogP contribution in [-0.2, 0) is 11.3 Å². The molecule has 0 fully saturated rings. The van der Waals surface area contributed by atoms with Gasteiger partial charge in [0.05, 0.1) is 12.6 Å². The molecule has 1 amide bonds. The molecule has 0 saturated heterocycles. The zero-order valence-corrected chi connectivity index (χ0v) is 11.5. The van der Waals surface area contributed by atoms with Crippen LogP contribution in [-0.4, -0.2) is 45.5 Å². The molecule has 1 heterocycles. The lowest BCUT2D eigenvalue weighted by molar-refractivity contribution is -0.122. The zero-order chi connectivity index (χ0) is 13.2. The van der Waals surface area contributed by atoms with Crippen molar-refractivity contribution < 1.29 is 9.90 Å². The first kappa shape index (κ1) is 15.0. The summed E-state index contributed by atoms with van der Waals surface area (Å²) in [7, 11) is 0. The minimum absolute atomic E-state index is 0.00214. The minimum Gasteiger partial charge on any atom is -0.394 e. The Balaban J connectivity index is 2.15. The molecule has 102 valence electrons. The third-order valence-electron chi connectivity index (χ3n) is 2.61. The summed E-state index contributed by atoms with van der Waals surface area (Å²) in [5, 5.41) is 16.1. The summed E-state index contributed by atoms with van der Waals surface area (Å²) in [5.41, 5.74) is 0. The number of nitrogens with one attached hydrogen (secondary N) is 1. The minimum atomic E-state index is -0.116. The number of aliphatic hydroxyl groups is 1. The summed E-state index contributed by atoms with van der Waals surface area (Å²) in [6.07, 6.45) is 7.66. The summed E-state index contributed by atoms with van der Waals surface area (Å²) in [6.45, 7) is 0.750. The normalized spacial score (nSPS) is 12.3. The van der Waals surface area contributed by atoms with Crippen molar-refractivity contribution in [2.75, 3.05) is 18.6 Å². The largest absolute Gasteiger partial charge is 0.394 e. The third-order valence-corrected chi connectivity index (χ3v) is 3.25. The fourth-order valence-corrected chi connectivity index (χ4v) is 2.12. The van der Waals surface area contributed by atoms with Gasteiger partial charge in [0, 0.05) is 25.4 Å². The van der Waals surface area contributed by atoms with E-state index in [1.165, 1.54) is 0 Å². The highest BCUT2D eigenvalue weighted by Crippen LogP contribution is 2.01. The number of aromatic nitrogens is 2. The van der Waals surface area contributed by atoms with Gasteiger partial charge in [-0.05, 0) is 30.9 Å². The van der Waals surface area contributed by atoms with Gasteiger partial charge in [-0.3, -0.25) is 9.48 Å². The number of carbonyl (C=O) groups is 1. The number of aliphatic hydroxyl groups excluding tert-OH is 1. The summed E-state index contributed by atoms with van der Waals surface area (Å²) in [4.78, 5) is 11.6. The maximum absolute atomic E-state index is 11.6. The van der Waals surface area contributed by atoms with Crippen LogP contribution in [0.1, 0.15) is 19.3 Å². The predicted molar refractivity (Wildman–Crippen MR) is 73.5 cm³/mol. The highest BCUT2D eigenvalue weighted by Gasteiger charge is 2.10. The molecule has 0 radical (unpaired) electrons. The Labute approximate surface area is 112 Å². The fourth-order valence-electron chi connectivity index (χ4n) is 1.60. The van der Waals surface area contributed by atoms with Crippen molar-refractivity contribution in [2.24, 2.45) is 0 Å². The monoisotopic (exact) mass is 271 g/mol. The molecule has 0 aliphatic carbocycles. The lowest BCUT2D eigenvalue weighted by Crippen LogP contribution is -2.37. The zero-order valence-electron chi connectivity index (χ0n) is 10.7. The molecule has 0 aromatic carbocycles. The van der Waals surface area contributed by atoms with E-state index in [0.717, 1.165) is 25.1 Å². The van der Waals surface area contributed by atoms with E-state index in [4.69, 9.17) is 5.11 Å². The lowest BCUT2D eigenvalue weighted by atomic mass is 10.2. The number of hydrogen-bond donors (Lipinski definition) is 2. The summed E-state index contributed by atoms with van der Waals surface area (Å²) in [6, 6.07) is 1.75. The van der Waals surface area contributed by atoms with E-state index in [1.54, 1.807) is 18.0 Å². The predicted octanol–water partition coefficient (Wildman–Crippen LogP) is 0.893. The Bertz CT molecular complexity index is 330. The second kappa shape index (κ2) is 8.99. The molecule has 1 rings (SSSR count).